The minimum atomic E-state index is 0.892. The SMILES string of the molecule is CC(C)C1C2COCC21.CC(C)C1[C@H]2COC[C@@H]12. The Hall–Kier alpha value is -0.0800. The lowest BCUT2D eigenvalue weighted by atomic mass is 10.1. The van der Waals surface area contributed by atoms with Crippen LogP contribution in [0.4, 0.5) is 0 Å². The summed E-state index contributed by atoms with van der Waals surface area (Å²) in [5.41, 5.74) is 0. The van der Waals surface area contributed by atoms with Crippen molar-refractivity contribution in [1.82, 2.24) is 0 Å². The first-order valence-corrected chi connectivity index (χ1v) is 7.76. The van der Waals surface area contributed by atoms with Crippen molar-refractivity contribution in [2.75, 3.05) is 26.4 Å². The van der Waals surface area contributed by atoms with Gasteiger partial charge in [-0.2, -0.15) is 0 Å². The average Bonchev–Trinajstić information content (AvgIpc) is 3.05. The smallest absolute Gasteiger partial charge is 0.0500 e. The van der Waals surface area contributed by atoms with E-state index in [2.05, 4.69) is 27.7 Å². The van der Waals surface area contributed by atoms with E-state index < -0.39 is 0 Å². The molecule has 0 aromatic rings. The monoisotopic (exact) mass is 252 g/mol. The molecule has 0 spiro atoms. The van der Waals surface area contributed by atoms with Crippen LogP contribution in [0, 0.1) is 47.3 Å². The molecule has 2 aliphatic carbocycles. The Kier molecular flexibility index (Phi) is 3.44. The van der Waals surface area contributed by atoms with Crippen LogP contribution in [0.25, 0.3) is 0 Å². The van der Waals surface area contributed by atoms with Gasteiger partial charge in [0.1, 0.15) is 0 Å². The fourth-order valence-electron chi connectivity index (χ4n) is 4.55. The lowest BCUT2D eigenvalue weighted by Gasteiger charge is -2.05. The zero-order chi connectivity index (χ0) is 12.9. The molecule has 0 radical (unpaired) electrons. The van der Waals surface area contributed by atoms with Gasteiger partial charge in [-0.3, -0.25) is 0 Å². The summed E-state index contributed by atoms with van der Waals surface area (Å²) in [6.45, 7) is 13.5. The van der Waals surface area contributed by atoms with Gasteiger partial charge in [-0.05, 0) is 47.3 Å². The molecule has 3 unspecified atom stereocenters. The van der Waals surface area contributed by atoms with E-state index in [1.165, 1.54) is 0 Å². The summed E-state index contributed by atoms with van der Waals surface area (Å²) in [5, 5.41) is 0. The van der Waals surface area contributed by atoms with Crippen molar-refractivity contribution in [2.24, 2.45) is 47.3 Å². The summed E-state index contributed by atoms with van der Waals surface area (Å²) < 4.78 is 10.6. The van der Waals surface area contributed by atoms with Gasteiger partial charge in [-0.1, -0.05) is 27.7 Å². The highest BCUT2D eigenvalue weighted by atomic mass is 16.5. The Bertz CT molecular complexity index is 249. The van der Waals surface area contributed by atoms with E-state index >= 15 is 0 Å². The van der Waals surface area contributed by atoms with Gasteiger partial charge in [0, 0.05) is 0 Å². The molecule has 5 atom stereocenters. The van der Waals surface area contributed by atoms with Gasteiger partial charge in [0.2, 0.25) is 0 Å². The Balaban J connectivity index is 0.000000111. The highest BCUT2D eigenvalue weighted by Crippen LogP contribution is 2.55. The van der Waals surface area contributed by atoms with Crippen LogP contribution in [0.3, 0.4) is 0 Å². The molecule has 4 aliphatic rings. The van der Waals surface area contributed by atoms with Crippen molar-refractivity contribution < 1.29 is 9.47 Å². The maximum atomic E-state index is 5.29. The topological polar surface area (TPSA) is 18.5 Å². The molecule has 0 amide bonds. The number of rotatable bonds is 2. The highest BCUT2D eigenvalue weighted by molar-refractivity contribution is 5.01. The molecule has 2 saturated carbocycles. The lowest BCUT2D eigenvalue weighted by molar-refractivity contribution is 0.143. The third-order valence-electron chi connectivity index (χ3n) is 5.58. The minimum Gasteiger partial charge on any atom is -0.381 e. The second kappa shape index (κ2) is 4.79. The molecule has 4 fully saturated rings. The molecule has 0 N–H and O–H groups in total. The summed E-state index contributed by atoms with van der Waals surface area (Å²) in [4.78, 5) is 0. The van der Waals surface area contributed by atoms with Crippen LogP contribution < -0.4 is 0 Å². The first-order chi connectivity index (χ1) is 8.61. The molecule has 18 heavy (non-hydrogen) atoms. The van der Waals surface area contributed by atoms with E-state index in [-0.39, 0.29) is 0 Å². The van der Waals surface area contributed by atoms with Crippen molar-refractivity contribution in [2.45, 2.75) is 27.7 Å². The first-order valence-electron chi connectivity index (χ1n) is 7.76. The molecular formula is C16H28O2. The van der Waals surface area contributed by atoms with E-state index in [1.54, 1.807) is 0 Å². The van der Waals surface area contributed by atoms with Crippen LogP contribution in [0.5, 0.6) is 0 Å². The van der Waals surface area contributed by atoms with E-state index in [0.717, 1.165) is 73.8 Å². The second-order valence-electron chi connectivity index (χ2n) is 7.37. The number of ether oxygens (including phenoxy) is 2. The summed E-state index contributed by atoms with van der Waals surface area (Å²) >= 11 is 0. The maximum absolute atomic E-state index is 5.29. The largest absolute Gasteiger partial charge is 0.381 e. The van der Waals surface area contributed by atoms with Crippen molar-refractivity contribution in [3.8, 4) is 0 Å². The van der Waals surface area contributed by atoms with Crippen LogP contribution in [-0.4, -0.2) is 26.4 Å². The van der Waals surface area contributed by atoms with Gasteiger partial charge in [0.05, 0.1) is 26.4 Å². The molecule has 2 heteroatoms. The normalized spacial score (nSPS) is 47.7. The number of hydrogen-bond donors (Lipinski definition) is 0. The fourth-order valence-corrected chi connectivity index (χ4v) is 4.55. The fraction of sp³-hybridized carbons (Fsp3) is 1.00. The summed E-state index contributed by atoms with van der Waals surface area (Å²) in [6, 6.07) is 0. The van der Waals surface area contributed by atoms with Gasteiger partial charge < -0.3 is 9.47 Å². The Morgan fingerprint density at radius 1 is 0.611 bits per heavy atom. The zero-order valence-electron chi connectivity index (χ0n) is 12.3. The van der Waals surface area contributed by atoms with Gasteiger partial charge in [0.25, 0.3) is 0 Å². The Morgan fingerprint density at radius 2 is 0.889 bits per heavy atom. The molecular weight excluding hydrogens is 224 g/mol. The van der Waals surface area contributed by atoms with Crippen molar-refractivity contribution in [3.05, 3.63) is 0 Å². The van der Waals surface area contributed by atoms with Crippen LogP contribution in [0.15, 0.2) is 0 Å². The first kappa shape index (κ1) is 12.9. The van der Waals surface area contributed by atoms with Crippen molar-refractivity contribution in [3.63, 3.8) is 0 Å². The van der Waals surface area contributed by atoms with E-state index in [0.29, 0.717) is 0 Å². The molecule has 0 aromatic carbocycles. The number of hydrogen-bond acceptors (Lipinski definition) is 2. The minimum absolute atomic E-state index is 0.892. The van der Waals surface area contributed by atoms with E-state index in [4.69, 9.17) is 9.47 Å². The van der Waals surface area contributed by atoms with Gasteiger partial charge in [-0.25, -0.2) is 0 Å². The maximum Gasteiger partial charge on any atom is 0.0500 e. The molecule has 2 saturated heterocycles. The van der Waals surface area contributed by atoms with E-state index in [1.807, 2.05) is 0 Å². The predicted octanol–water partition coefficient (Wildman–Crippen LogP) is 3.07. The van der Waals surface area contributed by atoms with Gasteiger partial charge in [0.15, 0.2) is 0 Å². The molecule has 2 aliphatic heterocycles. The third-order valence-corrected chi connectivity index (χ3v) is 5.58. The molecule has 4 rings (SSSR count). The Morgan fingerprint density at radius 3 is 1.06 bits per heavy atom. The second-order valence-corrected chi connectivity index (χ2v) is 7.37. The molecule has 2 nitrogen and oxygen atoms in total. The summed E-state index contributed by atoms with van der Waals surface area (Å²) in [7, 11) is 0. The third kappa shape index (κ3) is 2.22. The average molecular weight is 252 g/mol. The summed E-state index contributed by atoms with van der Waals surface area (Å²) in [6.07, 6.45) is 0. The highest BCUT2D eigenvalue weighted by Gasteiger charge is 2.55. The lowest BCUT2D eigenvalue weighted by Crippen LogP contribution is -2.03. The standard InChI is InChI=1S/2C8H14O/c2*1-5(2)8-6-3-9-4-7(6)8/h2*5-8H,3-4H2,1-2H3/t6-,7+,8?;. The molecule has 0 aromatic heterocycles. The summed E-state index contributed by atoms with van der Waals surface area (Å²) in [5.74, 6) is 7.61. The quantitative estimate of drug-likeness (QED) is 0.752. The van der Waals surface area contributed by atoms with Crippen LogP contribution >= 0.6 is 0 Å². The van der Waals surface area contributed by atoms with Crippen LogP contribution in [0.1, 0.15) is 27.7 Å². The molecule has 0 bridgehead atoms. The predicted molar refractivity (Wildman–Crippen MR) is 72.3 cm³/mol. The van der Waals surface area contributed by atoms with Crippen molar-refractivity contribution in [1.29, 1.82) is 0 Å². The van der Waals surface area contributed by atoms with Crippen LogP contribution in [0.2, 0.25) is 0 Å². The van der Waals surface area contributed by atoms with E-state index in [9.17, 15) is 0 Å². The number of fused-ring (bicyclic) bond motifs is 2. The van der Waals surface area contributed by atoms with Crippen molar-refractivity contribution >= 4 is 0 Å². The molecule has 2 heterocycles. The van der Waals surface area contributed by atoms with Gasteiger partial charge in [-0.15, -0.1) is 0 Å². The zero-order valence-corrected chi connectivity index (χ0v) is 12.3. The van der Waals surface area contributed by atoms with Gasteiger partial charge >= 0.3 is 0 Å². The Labute approximate surface area is 111 Å². The van der Waals surface area contributed by atoms with Crippen LogP contribution in [-0.2, 0) is 9.47 Å². The molecule has 104 valence electrons.